The van der Waals surface area contributed by atoms with E-state index in [2.05, 4.69) is 52.5 Å². The number of carbonyl (C=O) groups is 1. The summed E-state index contributed by atoms with van der Waals surface area (Å²) in [6, 6.07) is 18.4. The number of benzene rings is 2. The van der Waals surface area contributed by atoms with Crippen LogP contribution in [0.3, 0.4) is 0 Å². The van der Waals surface area contributed by atoms with Crippen LogP contribution < -0.4 is 4.90 Å². The quantitative estimate of drug-likeness (QED) is 0.557. The summed E-state index contributed by atoms with van der Waals surface area (Å²) in [5.41, 5.74) is 5.73. The fraction of sp³-hybridized carbons (Fsp3) is 0.292. The predicted molar refractivity (Wildman–Crippen MR) is 119 cm³/mol. The van der Waals surface area contributed by atoms with Gasteiger partial charge in [0.15, 0.2) is 5.15 Å². The molecule has 154 valence electrons. The van der Waals surface area contributed by atoms with E-state index in [4.69, 9.17) is 11.6 Å². The number of fused-ring (bicyclic) bond motifs is 1. The largest absolute Gasteiger partial charge is 0.478 e. The Labute approximate surface area is 181 Å². The molecule has 0 aliphatic heterocycles. The van der Waals surface area contributed by atoms with Gasteiger partial charge in [-0.3, -0.25) is 0 Å². The van der Waals surface area contributed by atoms with Crippen molar-refractivity contribution in [2.24, 2.45) is 0 Å². The zero-order valence-electron chi connectivity index (χ0n) is 16.9. The third-order valence-corrected chi connectivity index (χ3v) is 6.08. The molecule has 1 aliphatic rings. The molecule has 3 aromatic rings. The van der Waals surface area contributed by atoms with E-state index >= 15 is 0 Å². The van der Waals surface area contributed by atoms with Gasteiger partial charge in [-0.1, -0.05) is 35.9 Å². The number of carboxylic acid groups (broad SMARTS) is 1. The SMILES string of the molecule is CN(c1ccccc1)c1ccc2c(c1)CCC[C@H]2CCc1nnc(Cl)cc1C(=O)O. The molecule has 0 unspecified atom stereocenters. The monoisotopic (exact) mass is 421 g/mol. The van der Waals surface area contributed by atoms with Crippen molar-refractivity contribution in [2.75, 3.05) is 11.9 Å². The number of para-hydroxylation sites is 1. The number of aryl methyl sites for hydroxylation is 2. The number of aromatic nitrogens is 2. The smallest absolute Gasteiger partial charge is 0.337 e. The minimum absolute atomic E-state index is 0.106. The van der Waals surface area contributed by atoms with Gasteiger partial charge >= 0.3 is 5.97 Å². The van der Waals surface area contributed by atoms with Crippen molar-refractivity contribution in [1.29, 1.82) is 0 Å². The van der Waals surface area contributed by atoms with E-state index < -0.39 is 5.97 Å². The second-order valence-electron chi connectivity index (χ2n) is 7.74. The van der Waals surface area contributed by atoms with E-state index in [0.29, 0.717) is 18.0 Å². The van der Waals surface area contributed by atoms with E-state index in [1.54, 1.807) is 0 Å². The Kier molecular flexibility index (Phi) is 6.00. The molecule has 0 saturated heterocycles. The molecule has 1 atom stereocenters. The first-order valence-corrected chi connectivity index (χ1v) is 10.6. The van der Waals surface area contributed by atoms with Gasteiger partial charge in [-0.25, -0.2) is 4.79 Å². The van der Waals surface area contributed by atoms with Gasteiger partial charge in [-0.15, -0.1) is 5.10 Å². The van der Waals surface area contributed by atoms with Gasteiger partial charge in [0.2, 0.25) is 0 Å². The summed E-state index contributed by atoms with van der Waals surface area (Å²) in [7, 11) is 2.09. The van der Waals surface area contributed by atoms with Gasteiger partial charge in [0.25, 0.3) is 0 Å². The van der Waals surface area contributed by atoms with Crippen molar-refractivity contribution >= 4 is 28.9 Å². The van der Waals surface area contributed by atoms with Gasteiger partial charge < -0.3 is 10.0 Å². The van der Waals surface area contributed by atoms with Crippen LogP contribution in [0, 0.1) is 0 Å². The fourth-order valence-corrected chi connectivity index (χ4v) is 4.43. The van der Waals surface area contributed by atoms with Crippen LogP contribution in [-0.4, -0.2) is 28.3 Å². The Morgan fingerprint density at radius 1 is 1.13 bits per heavy atom. The molecule has 0 spiro atoms. The van der Waals surface area contributed by atoms with Crippen LogP contribution in [0.1, 0.15) is 52.4 Å². The number of anilines is 2. The van der Waals surface area contributed by atoms with Crippen LogP contribution >= 0.6 is 11.6 Å². The molecule has 0 saturated carbocycles. The third kappa shape index (κ3) is 4.31. The topological polar surface area (TPSA) is 66.3 Å². The van der Waals surface area contributed by atoms with Crippen molar-refractivity contribution in [3.8, 4) is 0 Å². The Morgan fingerprint density at radius 3 is 2.70 bits per heavy atom. The summed E-state index contributed by atoms with van der Waals surface area (Å²) >= 11 is 5.82. The minimum Gasteiger partial charge on any atom is -0.478 e. The summed E-state index contributed by atoms with van der Waals surface area (Å²) in [6.45, 7) is 0. The highest BCUT2D eigenvalue weighted by Gasteiger charge is 2.22. The Bertz CT molecular complexity index is 1060. The lowest BCUT2D eigenvalue weighted by molar-refractivity contribution is 0.0694. The molecule has 5 nitrogen and oxygen atoms in total. The molecular formula is C24H24ClN3O2. The number of rotatable bonds is 6. The highest BCUT2D eigenvalue weighted by Crippen LogP contribution is 2.37. The number of aromatic carboxylic acids is 1. The van der Waals surface area contributed by atoms with Gasteiger partial charge in [0.05, 0.1) is 11.3 Å². The Hall–Kier alpha value is -2.92. The maximum Gasteiger partial charge on any atom is 0.337 e. The number of hydrogen-bond donors (Lipinski definition) is 1. The van der Waals surface area contributed by atoms with Crippen molar-refractivity contribution in [3.63, 3.8) is 0 Å². The van der Waals surface area contributed by atoms with E-state index in [1.807, 2.05) is 18.2 Å². The lowest BCUT2D eigenvalue weighted by Crippen LogP contribution is -2.15. The number of carboxylic acids is 1. The van der Waals surface area contributed by atoms with Crippen molar-refractivity contribution in [3.05, 3.63) is 82.1 Å². The summed E-state index contributed by atoms with van der Waals surface area (Å²) < 4.78 is 0. The number of halogens is 1. The molecule has 0 bridgehead atoms. The van der Waals surface area contributed by atoms with E-state index in [9.17, 15) is 9.90 Å². The molecule has 0 amide bonds. The first-order chi connectivity index (χ1) is 14.5. The molecule has 6 heteroatoms. The van der Waals surface area contributed by atoms with Gasteiger partial charge in [0.1, 0.15) is 0 Å². The van der Waals surface area contributed by atoms with Crippen LogP contribution in [-0.2, 0) is 12.8 Å². The molecule has 2 aromatic carbocycles. The van der Waals surface area contributed by atoms with Gasteiger partial charge in [-0.2, -0.15) is 5.10 Å². The van der Waals surface area contributed by atoms with Crippen molar-refractivity contribution < 1.29 is 9.90 Å². The van der Waals surface area contributed by atoms with E-state index in [0.717, 1.165) is 31.4 Å². The van der Waals surface area contributed by atoms with Crippen LogP contribution in [0.5, 0.6) is 0 Å². The molecular weight excluding hydrogens is 398 g/mol. The third-order valence-electron chi connectivity index (χ3n) is 5.90. The molecule has 0 fully saturated rings. The second kappa shape index (κ2) is 8.84. The zero-order valence-corrected chi connectivity index (χ0v) is 17.6. The second-order valence-corrected chi connectivity index (χ2v) is 8.13. The number of nitrogens with zero attached hydrogens (tertiary/aromatic N) is 3. The fourth-order valence-electron chi connectivity index (χ4n) is 4.28. The zero-order chi connectivity index (χ0) is 21.1. The van der Waals surface area contributed by atoms with Crippen LogP contribution in [0.15, 0.2) is 54.6 Å². The maximum absolute atomic E-state index is 11.5. The summed E-state index contributed by atoms with van der Waals surface area (Å²) in [6.07, 6.45) is 4.72. The van der Waals surface area contributed by atoms with Crippen LogP contribution in [0.2, 0.25) is 5.15 Å². The van der Waals surface area contributed by atoms with Crippen LogP contribution in [0.4, 0.5) is 11.4 Å². The van der Waals surface area contributed by atoms with Crippen molar-refractivity contribution in [1.82, 2.24) is 10.2 Å². The van der Waals surface area contributed by atoms with Crippen molar-refractivity contribution in [2.45, 2.75) is 38.0 Å². The Morgan fingerprint density at radius 2 is 1.93 bits per heavy atom. The molecule has 30 heavy (non-hydrogen) atoms. The first-order valence-electron chi connectivity index (χ1n) is 10.2. The molecule has 1 aliphatic carbocycles. The average molecular weight is 422 g/mol. The summed E-state index contributed by atoms with van der Waals surface area (Å²) in [4.78, 5) is 13.7. The number of hydrogen-bond acceptors (Lipinski definition) is 4. The molecule has 1 aromatic heterocycles. The predicted octanol–water partition coefficient (Wildman–Crippen LogP) is 5.65. The lowest BCUT2D eigenvalue weighted by atomic mass is 9.80. The maximum atomic E-state index is 11.5. The normalized spacial score (nSPS) is 15.5. The summed E-state index contributed by atoms with van der Waals surface area (Å²) in [5, 5.41) is 17.4. The summed E-state index contributed by atoms with van der Waals surface area (Å²) in [5.74, 6) is -0.622. The van der Waals surface area contributed by atoms with E-state index in [-0.39, 0.29) is 10.7 Å². The molecule has 4 rings (SSSR count). The Balaban J connectivity index is 1.53. The first kappa shape index (κ1) is 20.4. The molecule has 1 N–H and O–H groups in total. The average Bonchev–Trinajstić information content (AvgIpc) is 2.77. The minimum atomic E-state index is -1.01. The van der Waals surface area contributed by atoms with Gasteiger partial charge in [0, 0.05) is 18.4 Å². The molecule has 0 radical (unpaired) electrons. The van der Waals surface area contributed by atoms with E-state index in [1.165, 1.54) is 22.9 Å². The van der Waals surface area contributed by atoms with Gasteiger partial charge in [-0.05, 0) is 79.5 Å². The molecule has 1 heterocycles. The highest BCUT2D eigenvalue weighted by molar-refractivity contribution is 6.29. The standard InChI is InChI=1S/C24H24ClN3O2/c1-28(18-8-3-2-4-9-18)19-11-12-20-16(6-5-7-17(20)14-19)10-13-22-21(24(29)30)15-23(25)27-26-22/h2-4,8-9,11-12,14-16H,5-7,10,13H2,1H3,(H,29,30)/t16-/m0/s1. The van der Waals surface area contributed by atoms with Crippen LogP contribution in [0.25, 0.3) is 0 Å². The highest BCUT2D eigenvalue weighted by atomic mass is 35.5. The lowest BCUT2D eigenvalue weighted by Gasteiger charge is -2.28.